The first kappa shape index (κ1) is 23.2. The number of benzene rings is 3. The Balaban J connectivity index is 1.71. The predicted molar refractivity (Wildman–Crippen MR) is 133 cm³/mol. The Kier molecular flexibility index (Phi) is 6.69. The molecule has 0 saturated carbocycles. The molecule has 0 saturated heterocycles. The van der Waals surface area contributed by atoms with Crippen molar-refractivity contribution in [2.45, 2.75) is 25.6 Å². The van der Waals surface area contributed by atoms with Crippen molar-refractivity contribution in [3.63, 3.8) is 0 Å². The quantitative estimate of drug-likeness (QED) is 0.339. The summed E-state index contributed by atoms with van der Waals surface area (Å²) in [6.45, 7) is 2.35. The summed E-state index contributed by atoms with van der Waals surface area (Å²) in [7, 11) is -1.84. The molecule has 172 valence electrons. The molecule has 0 bridgehead atoms. The molecule has 0 spiro atoms. The number of rotatable bonds is 9. The maximum atomic E-state index is 12.0. The number of nitrogens with zero attached hydrogens (tertiary/aromatic N) is 1. The highest BCUT2D eigenvalue weighted by molar-refractivity contribution is 7.92. The van der Waals surface area contributed by atoms with E-state index in [0.717, 1.165) is 27.8 Å². The number of fused-ring (bicyclic) bond motifs is 1. The van der Waals surface area contributed by atoms with Crippen LogP contribution in [0.15, 0.2) is 72.2 Å². The van der Waals surface area contributed by atoms with E-state index in [-0.39, 0.29) is 0 Å². The summed E-state index contributed by atoms with van der Waals surface area (Å²) in [6, 6.07) is 19.7. The van der Waals surface area contributed by atoms with Crippen molar-refractivity contribution in [3.8, 4) is 5.75 Å². The van der Waals surface area contributed by atoms with Gasteiger partial charge in [0.2, 0.25) is 10.0 Å². The van der Waals surface area contributed by atoms with Crippen molar-refractivity contribution in [3.05, 3.63) is 88.4 Å². The molecule has 1 aromatic heterocycles. The highest BCUT2D eigenvalue weighted by Gasteiger charge is 2.36. The number of sulfonamides is 1. The molecule has 0 aliphatic heterocycles. The van der Waals surface area contributed by atoms with E-state index in [1.807, 2.05) is 36.6 Å². The van der Waals surface area contributed by atoms with Gasteiger partial charge in [0.15, 0.2) is 0 Å². The average molecular weight is 483 g/mol. The number of aromatic nitrogens is 1. The van der Waals surface area contributed by atoms with Crippen LogP contribution in [0.25, 0.3) is 10.8 Å². The van der Waals surface area contributed by atoms with Gasteiger partial charge in [-0.2, -0.15) is 0 Å². The summed E-state index contributed by atoms with van der Waals surface area (Å²) in [4.78, 5) is 4.48. The second kappa shape index (κ2) is 9.51. The van der Waals surface area contributed by atoms with Crippen molar-refractivity contribution in [2.75, 3.05) is 18.1 Å². The summed E-state index contributed by atoms with van der Waals surface area (Å²) in [5, 5.41) is 5.00. The normalized spacial score (nSPS) is 13.5. The molecule has 4 rings (SSSR count). The Bertz CT molecular complexity index is 1350. The molecule has 3 aromatic carbocycles. The van der Waals surface area contributed by atoms with Crippen LogP contribution >= 0.6 is 11.3 Å². The van der Waals surface area contributed by atoms with Crippen LogP contribution < -0.4 is 9.46 Å². The summed E-state index contributed by atoms with van der Waals surface area (Å²) < 4.78 is 38.6. The fraction of sp³-hybridized carbons (Fsp3) is 0.240. The van der Waals surface area contributed by atoms with Crippen LogP contribution in [-0.4, -0.2) is 26.8 Å². The minimum atomic E-state index is -3.47. The summed E-state index contributed by atoms with van der Waals surface area (Å²) in [5.74, 6) is 0.540. The van der Waals surface area contributed by atoms with E-state index in [2.05, 4.69) is 34.0 Å². The molecule has 0 aliphatic carbocycles. The van der Waals surface area contributed by atoms with E-state index >= 15 is 0 Å². The molecular formula is C25H26N2O4S2. The van der Waals surface area contributed by atoms with Crippen LogP contribution in [0.2, 0.25) is 0 Å². The van der Waals surface area contributed by atoms with Gasteiger partial charge in [-0.15, -0.1) is 11.3 Å². The van der Waals surface area contributed by atoms with E-state index in [4.69, 9.17) is 9.47 Å². The van der Waals surface area contributed by atoms with Crippen LogP contribution in [0.4, 0.5) is 5.69 Å². The predicted octanol–water partition coefficient (Wildman–Crippen LogP) is 5.55. The average Bonchev–Trinajstić information content (AvgIpc) is 3.33. The second-order valence-electron chi connectivity index (χ2n) is 7.81. The first-order valence-electron chi connectivity index (χ1n) is 10.5. The molecular weight excluding hydrogens is 456 g/mol. The van der Waals surface area contributed by atoms with E-state index in [1.54, 1.807) is 25.4 Å². The molecule has 33 heavy (non-hydrogen) atoms. The number of thiazole rings is 1. The number of nitrogens with one attached hydrogen (secondary N) is 1. The Morgan fingerprint density at radius 2 is 1.85 bits per heavy atom. The number of methoxy groups -OCH3 is 1. The minimum absolute atomic E-state index is 0.343. The van der Waals surface area contributed by atoms with Crippen molar-refractivity contribution in [2.24, 2.45) is 0 Å². The fourth-order valence-electron chi connectivity index (χ4n) is 3.93. The molecule has 0 amide bonds. The highest BCUT2D eigenvalue weighted by atomic mass is 32.2. The minimum Gasteiger partial charge on any atom is -0.489 e. The number of hydrogen-bond donors (Lipinski definition) is 1. The fourth-order valence-corrected chi connectivity index (χ4v) is 5.39. The van der Waals surface area contributed by atoms with Gasteiger partial charge in [0, 0.05) is 24.8 Å². The van der Waals surface area contributed by atoms with Gasteiger partial charge >= 0.3 is 0 Å². The van der Waals surface area contributed by atoms with Gasteiger partial charge in [-0.3, -0.25) is 4.72 Å². The van der Waals surface area contributed by atoms with Crippen molar-refractivity contribution in [1.82, 2.24) is 4.98 Å². The third-order valence-corrected chi connectivity index (χ3v) is 7.04. The zero-order valence-corrected chi connectivity index (χ0v) is 20.4. The molecule has 8 heteroatoms. The largest absolute Gasteiger partial charge is 0.489 e. The molecule has 6 nitrogen and oxygen atoms in total. The molecule has 1 atom stereocenters. The number of anilines is 1. The van der Waals surface area contributed by atoms with E-state index in [9.17, 15) is 8.42 Å². The van der Waals surface area contributed by atoms with Gasteiger partial charge in [0.1, 0.15) is 23.0 Å². The summed E-state index contributed by atoms with van der Waals surface area (Å²) in [5.41, 5.74) is 1.38. The van der Waals surface area contributed by atoms with Crippen LogP contribution in [0, 0.1) is 0 Å². The van der Waals surface area contributed by atoms with E-state index in [0.29, 0.717) is 24.5 Å². The molecule has 4 aromatic rings. The Morgan fingerprint density at radius 3 is 2.52 bits per heavy atom. The Hall–Kier alpha value is -2.94. The SMILES string of the molecule is CCC(OC)(c1cc(NS(C)(=O)=O)cc(OCc2ccc3ccccc3c2)c1)c1nccs1. The van der Waals surface area contributed by atoms with E-state index < -0.39 is 15.6 Å². The van der Waals surface area contributed by atoms with Crippen LogP contribution in [0.5, 0.6) is 5.75 Å². The third kappa shape index (κ3) is 5.19. The lowest BCUT2D eigenvalue weighted by Crippen LogP contribution is -2.29. The summed E-state index contributed by atoms with van der Waals surface area (Å²) in [6.07, 6.45) is 3.47. The summed E-state index contributed by atoms with van der Waals surface area (Å²) >= 11 is 1.49. The first-order chi connectivity index (χ1) is 15.8. The van der Waals surface area contributed by atoms with Crippen molar-refractivity contribution in [1.29, 1.82) is 0 Å². The van der Waals surface area contributed by atoms with Gasteiger partial charge in [-0.1, -0.05) is 43.3 Å². The van der Waals surface area contributed by atoms with Gasteiger partial charge in [-0.25, -0.2) is 13.4 Å². The van der Waals surface area contributed by atoms with E-state index in [1.165, 1.54) is 16.7 Å². The van der Waals surface area contributed by atoms with Gasteiger partial charge in [-0.05, 0) is 46.5 Å². The lowest BCUT2D eigenvalue weighted by Gasteiger charge is -2.30. The number of ether oxygens (including phenoxy) is 2. The highest BCUT2D eigenvalue weighted by Crippen LogP contribution is 2.40. The third-order valence-electron chi connectivity index (χ3n) is 5.52. The molecule has 1 N–H and O–H groups in total. The van der Waals surface area contributed by atoms with Crippen molar-refractivity contribution >= 4 is 37.8 Å². The zero-order chi connectivity index (χ0) is 23.5. The zero-order valence-electron chi connectivity index (χ0n) is 18.7. The molecule has 1 unspecified atom stereocenters. The second-order valence-corrected chi connectivity index (χ2v) is 10.5. The smallest absolute Gasteiger partial charge is 0.229 e. The number of hydrogen-bond acceptors (Lipinski definition) is 6. The van der Waals surface area contributed by atoms with Crippen molar-refractivity contribution < 1.29 is 17.9 Å². The van der Waals surface area contributed by atoms with Gasteiger partial charge in [0.25, 0.3) is 0 Å². The first-order valence-corrected chi connectivity index (χ1v) is 13.3. The molecule has 1 heterocycles. The monoisotopic (exact) mass is 482 g/mol. The maximum absolute atomic E-state index is 12.0. The Morgan fingerprint density at radius 1 is 1.06 bits per heavy atom. The maximum Gasteiger partial charge on any atom is 0.229 e. The van der Waals surface area contributed by atoms with Gasteiger partial charge in [0.05, 0.1) is 11.9 Å². The Labute approximate surface area is 198 Å². The molecule has 0 radical (unpaired) electrons. The topological polar surface area (TPSA) is 77.5 Å². The lowest BCUT2D eigenvalue weighted by molar-refractivity contribution is 0.0183. The standard InChI is InChI=1S/C25H26N2O4S2/c1-4-25(30-2,24-26-11-12-32-24)21-14-22(27-33(3,28)29)16-23(15-21)31-17-18-9-10-19-7-5-6-8-20(19)13-18/h5-16,27H,4,17H2,1-3H3. The molecule has 0 fully saturated rings. The molecule has 0 aliphatic rings. The van der Waals surface area contributed by atoms with Crippen LogP contribution in [0.1, 0.15) is 29.5 Å². The van der Waals surface area contributed by atoms with Crippen LogP contribution in [-0.2, 0) is 27.0 Å². The van der Waals surface area contributed by atoms with Crippen LogP contribution in [0.3, 0.4) is 0 Å². The lowest BCUT2D eigenvalue weighted by atomic mass is 9.90. The van der Waals surface area contributed by atoms with Gasteiger partial charge < -0.3 is 9.47 Å².